The van der Waals surface area contributed by atoms with Crippen molar-refractivity contribution < 1.29 is 21.9 Å². The van der Waals surface area contributed by atoms with E-state index in [9.17, 15) is 8.42 Å². The fourth-order valence-electron chi connectivity index (χ4n) is 2.96. The Balaban J connectivity index is 3.31. The first-order valence-electron chi connectivity index (χ1n) is 11.6. The predicted molar refractivity (Wildman–Crippen MR) is 120 cm³/mol. The van der Waals surface area contributed by atoms with Crippen molar-refractivity contribution in [2.75, 3.05) is 32.9 Å². The van der Waals surface area contributed by atoms with Crippen molar-refractivity contribution in [3.63, 3.8) is 0 Å². The Morgan fingerprint density at radius 2 is 1.24 bits per heavy atom. The highest BCUT2D eigenvalue weighted by Gasteiger charge is 2.10. The van der Waals surface area contributed by atoms with E-state index in [4.69, 9.17) is 13.5 Å². The zero-order valence-electron chi connectivity index (χ0n) is 18.6. The van der Waals surface area contributed by atoms with Crippen LogP contribution >= 0.6 is 0 Å². The Kier molecular flexibility index (Phi) is 21.9. The van der Waals surface area contributed by atoms with E-state index in [0.717, 1.165) is 19.3 Å². The summed E-state index contributed by atoms with van der Waals surface area (Å²) in [5, 5.41) is 11.4. The smallest absolute Gasteiger partial charge is 0.395 e. The Morgan fingerprint density at radius 1 is 0.724 bits per heavy atom. The molecule has 29 heavy (non-hydrogen) atoms. The van der Waals surface area contributed by atoms with Gasteiger partial charge in [0.2, 0.25) is 0 Å². The number of hydrogen-bond donors (Lipinski definition) is 2. The van der Waals surface area contributed by atoms with Crippen LogP contribution in [-0.2, 0) is 18.8 Å². The molecule has 174 valence electrons. The maximum atomic E-state index is 11.5. The molecule has 0 unspecified atom stereocenters. The van der Waals surface area contributed by atoms with Gasteiger partial charge in [0.1, 0.15) is 0 Å². The van der Waals surface area contributed by atoms with E-state index in [-0.39, 0.29) is 19.8 Å². The molecule has 0 aromatic rings. The van der Waals surface area contributed by atoms with E-state index in [1.807, 2.05) is 0 Å². The third-order valence-electron chi connectivity index (χ3n) is 4.68. The topological polar surface area (TPSA) is 84.9 Å². The van der Waals surface area contributed by atoms with Crippen LogP contribution < -0.4 is 5.32 Å². The second kappa shape index (κ2) is 22.2. The summed E-state index contributed by atoms with van der Waals surface area (Å²) in [5.41, 5.74) is 0. The summed E-state index contributed by atoms with van der Waals surface area (Å²) in [5.74, 6) is 0. The van der Waals surface area contributed by atoms with Gasteiger partial charge in [-0.15, -0.1) is 0 Å². The van der Waals surface area contributed by atoms with Crippen LogP contribution in [0.3, 0.4) is 0 Å². The Bertz CT molecular complexity index is 454. The number of rotatable bonds is 23. The normalized spacial score (nSPS) is 12.2. The van der Waals surface area contributed by atoms with Crippen LogP contribution in [0.4, 0.5) is 0 Å². The molecule has 0 bridgehead atoms. The quantitative estimate of drug-likeness (QED) is 0.176. The number of aliphatic hydroxyl groups is 1. The maximum Gasteiger partial charge on any atom is 0.399 e. The Hall–Kier alpha value is -0.470. The van der Waals surface area contributed by atoms with Gasteiger partial charge >= 0.3 is 10.4 Å². The fourth-order valence-corrected chi connectivity index (χ4v) is 3.64. The molecular weight excluding hydrogens is 390 g/mol. The first-order valence-corrected chi connectivity index (χ1v) is 13.0. The lowest BCUT2D eigenvalue weighted by molar-refractivity contribution is 0.209. The molecule has 0 aliphatic carbocycles. The van der Waals surface area contributed by atoms with Crippen LogP contribution in [-0.4, -0.2) is 46.4 Å². The van der Waals surface area contributed by atoms with Gasteiger partial charge < -0.3 is 10.4 Å². The van der Waals surface area contributed by atoms with Crippen LogP contribution in [0, 0.1) is 0 Å². The van der Waals surface area contributed by atoms with Crippen LogP contribution in [0.2, 0.25) is 0 Å². The summed E-state index contributed by atoms with van der Waals surface area (Å²) in [6, 6.07) is 0. The van der Waals surface area contributed by atoms with Gasteiger partial charge in [0.15, 0.2) is 0 Å². The minimum absolute atomic E-state index is 0.00966. The van der Waals surface area contributed by atoms with Gasteiger partial charge in [-0.3, -0.25) is 0 Å². The highest BCUT2D eigenvalue weighted by atomic mass is 32.3. The van der Waals surface area contributed by atoms with Gasteiger partial charge in [0.05, 0.1) is 19.8 Å². The van der Waals surface area contributed by atoms with E-state index in [1.54, 1.807) is 0 Å². The monoisotopic (exact) mass is 435 g/mol. The second-order valence-electron chi connectivity index (χ2n) is 7.46. The van der Waals surface area contributed by atoms with Crippen molar-refractivity contribution in [1.82, 2.24) is 5.32 Å². The van der Waals surface area contributed by atoms with Crippen molar-refractivity contribution >= 4 is 10.4 Å². The third-order valence-corrected chi connectivity index (χ3v) is 5.59. The molecule has 0 spiro atoms. The Labute approximate surface area is 179 Å². The average molecular weight is 436 g/mol. The summed E-state index contributed by atoms with van der Waals surface area (Å²) in [4.78, 5) is 0. The minimum atomic E-state index is -3.90. The molecular formula is C22H45NO5S. The van der Waals surface area contributed by atoms with E-state index in [2.05, 4.69) is 24.4 Å². The lowest BCUT2D eigenvalue weighted by atomic mass is 10.1. The lowest BCUT2D eigenvalue weighted by Crippen LogP contribution is -2.24. The van der Waals surface area contributed by atoms with Crippen molar-refractivity contribution in [3.8, 4) is 0 Å². The van der Waals surface area contributed by atoms with Crippen molar-refractivity contribution in [3.05, 3.63) is 12.2 Å². The van der Waals surface area contributed by atoms with Crippen LogP contribution in [0.1, 0.15) is 96.8 Å². The van der Waals surface area contributed by atoms with E-state index >= 15 is 0 Å². The molecule has 0 aromatic carbocycles. The molecule has 0 saturated heterocycles. The third kappa shape index (κ3) is 23.7. The van der Waals surface area contributed by atoms with E-state index < -0.39 is 10.4 Å². The van der Waals surface area contributed by atoms with E-state index in [0.29, 0.717) is 13.1 Å². The molecule has 0 rings (SSSR count). The molecule has 0 amide bonds. The number of unbranched alkanes of at least 4 members (excludes halogenated alkanes) is 12. The summed E-state index contributed by atoms with van der Waals surface area (Å²) in [7, 11) is -3.90. The van der Waals surface area contributed by atoms with Crippen LogP contribution in [0.25, 0.3) is 0 Å². The van der Waals surface area contributed by atoms with Gasteiger partial charge in [0, 0.05) is 13.1 Å². The minimum Gasteiger partial charge on any atom is -0.395 e. The molecule has 0 heterocycles. The van der Waals surface area contributed by atoms with Gasteiger partial charge in [-0.1, -0.05) is 76.9 Å². The van der Waals surface area contributed by atoms with Crippen molar-refractivity contribution in [2.45, 2.75) is 96.8 Å². The van der Waals surface area contributed by atoms with E-state index in [1.165, 1.54) is 70.6 Å². The number of hydrogen-bond acceptors (Lipinski definition) is 6. The molecule has 0 fully saturated rings. The molecule has 0 aromatic heterocycles. The van der Waals surface area contributed by atoms with Crippen LogP contribution in [0.5, 0.6) is 0 Å². The number of nitrogens with one attached hydrogen (secondary N) is 1. The Morgan fingerprint density at radius 3 is 1.83 bits per heavy atom. The number of allylic oxidation sites excluding steroid dienone is 2. The highest BCUT2D eigenvalue weighted by molar-refractivity contribution is 7.81. The van der Waals surface area contributed by atoms with Crippen molar-refractivity contribution in [2.24, 2.45) is 0 Å². The maximum absolute atomic E-state index is 11.5. The zero-order valence-corrected chi connectivity index (χ0v) is 19.4. The second-order valence-corrected chi connectivity index (χ2v) is 8.75. The van der Waals surface area contributed by atoms with Crippen LogP contribution in [0.15, 0.2) is 12.2 Å². The van der Waals surface area contributed by atoms with Gasteiger partial charge in [0.25, 0.3) is 0 Å². The highest BCUT2D eigenvalue weighted by Crippen LogP contribution is 2.10. The van der Waals surface area contributed by atoms with Gasteiger partial charge in [-0.25, -0.2) is 8.37 Å². The fraction of sp³-hybridized carbons (Fsp3) is 0.909. The SMILES string of the molecule is CCCCCCCC/C=C\CCCCCCCCOS(=O)(=O)OCCNCCO. The molecule has 0 radical (unpaired) electrons. The zero-order chi connectivity index (χ0) is 21.5. The first kappa shape index (κ1) is 28.5. The van der Waals surface area contributed by atoms with Gasteiger partial charge in [-0.05, 0) is 32.1 Å². The molecule has 2 N–H and O–H groups in total. The number of aliphatic hydroxyl groups excluding tert-OH is 1. The largest absolute Gasteiger partial charge is 0.399 e. The molecule has 7 heteroatoms. The average Bonchev–Trinajstić information content (AvgIpc) is 2.70. The van der Waals surface area contributed by atoms with Gasteiger partial charge in [-0.2, -0.15) is 8.42 Å². The predicted octanol–water partition coefficient (Wildman–Crippen LogP) is 4.88. The molecule has 0 atom stereocenters. The lowest BCUT2D eigenvalue weighted by Gasteiger charge is -2.06. The summed E-state index contributed by atoms with van der Waals surface area (Å²) in [6.45, 7) is 3.23. The molecule has 0 aliphatic rings. The summed E-state index contributed by atoms with van der Waals surface area (Å²) >= 11 is 0. The summed E-state index contributed by atoms with van der Waals surface area (Å²) in [6.07, 6.45) is 21.7. The molecule has 6 nitrogen and oxygen atoms in total. The van der Waals surface area contributed by atoms with Crippen molar-refractivity contribution in [1.29, 1.82) is 0 Å². The molecule has 0 aliphatic heterocycles. The summed E-state index contributed by atoms with van der Waals surface area (Å²) < 4.78 is 32.5. The first-order chi connectivity index (χ1) is 14.1. The molecule has 0 saturated carbocycles. The standard InChI is InChI=1S/C22H45NO5S/c1-2-3-4-5-6-7-8-9-10-11-12-13-14-15-16-17-21-27-29(25,26)28-22-19-23-18-20-24/h9-10,23-24H,2-8,11-22H2,1H3/b10-9-.